The summed E-state index contributed by atoms with van der Waals surface area (Å²) in [6, 6.07) is -0.0237. The summed E-state index contributed by atoms with van der Waals surface area (Å²) in [5.74, 6) is 5.42. The standard InChI is InChI=1S/C8H17F3N4/c1-6(2)13-7(14-12)15(3)5-4-8(9,10)11/h6H,4-5,12H2,1-3H3,(H,13,14). The van der Waals surface area contributed by atoms with Crippen LogP contribution >= 0.6 is 0 Å². The number of alkyl halides is 3. The Morgan fingerprint density at radius 3 is 2.33 bits per heavy atom. The van der Waals surface area contributed by atoms with E-state index in [-0.39, 0.29) is 18.5 Å². The molecule has 0 rings (SSSR count). The zero-order valence-electron chi connectivity index (χ0n) is 9.10. The van der Waals surface area contributed by atoms with Gasteiger partial charge in [0.15, 0.2) is 0 Å². The minimum absolute atomic E-state index is 0.0237. The minimum atomic E-state index is -4.16. The number of guanidine groups is 1. The molecule has 0 amide bonds. The zero-order valence-corrected chi connectivity index (χ0v) is 9.10. The quantitative estimate of drug-likeness (QED) is 0.328. The molecule has 90 valence electrons. The van der Waals surface area contributed by atoms with Gasteiger partial charge >= 0.3 is 6.18 Å². The Morgan fingerprint density at radius 1 is 1.47 bits per heavy atom. The summed E-state index contributed by atoms with van der Waals surface area (Å²) in [6.07, 6.45) is -5.05. The Kier molecular flexibility index (Phi) is 5.41. The van der Waals surface area contributed by atoms with Crippen LogP contribution in [0.3, 0.4) is 0 Å². The highest BCUT2D eigenvalue weighted by Crippen LogP contribution is 2.19. The van der Waals surface area contributed by atoms with Gasteiger partial charge in [0.05, 0.1) is 6.42 Å². The summed E-state index contributed by atoms with van der Waals surface area (Å²) < 4.78 is 35.8. The maximum absolute atomic E-state index is 11.9. The largest absolute Gasteiger partial charge is 0.390 e. The molecule has 4 nitrogen and oxygen atoms in total. The predicted molar refractivity (Wildman–Crippen MR) is 53.2 cm³/mol. The molecular weight excluding hydrogens is 209 g/mol. The topological polar surface area (TPSA) is 53.6 Å². The molecule has 0 bridgehead atoms. The summed E-state index contributed by atoms with van der Waals surface area (Å²) in [7, 11) is 1.51. The van der Waals surface area contributed by atoms with Gasteiger partial charge in [-0.15, -0.1) is 0 Å². The molecule has 0 aliphatic rings. The van der Waals surface area contributed by atoms with Gasteiger partial charge in [0.1, 0.15) is 0 Å². The molecule has 3 N–H and O–H groups in total. The Morgan fingerprint density at radius 2 is 2.00 bits per heavy atom. The minimum Gasteiger partial charge on any atom is -0.345 e. The van der Waals surface area contributed by atoms with Crippen LogP contribution in [-0.2, 0) is 0 Å². The first-order valence-corrected chi connectivity index (χ1v) is 4.58. The van der Waals surface area contributed by atoms with Crippen LogP contribution in [0.5, 0.6) is 0 Å². The second-order valence-electron chi connectivity index (χ2n) is 3.48. The lowest BCUT2D eigenvalue weighted by molar-refractivity contribution is -0.135. The van der Waals surface area contributed by atoms with Gasteiger partial charge in [-0.3, -0.25) is 5.43 Å². The SMILES string of the molecule is CC(C)N=C(NN)N(C)CCC(F)(F)F. The molecule has 7 heteroatoms. The highest BCUT2D eigenvalue weighted by atomic mass is 19.4. The Balaban J connectivity index is 4.23. The molecule has 0 saturated carbocycles. The molecule has 0 aliphatic carbocycles. The average Bonchev–Trinajstić information content (AvgIpc) is 2.08. The molecular formula is C8H17F3N4. The van der Waals surface area contributed by atoms with Crippen molar-refractivity contribution in [3.05, 3.63) is 0 Å². The van der Waals surface area contributed by atoms with Crippen molar-refractivity contribution in [3.63, 3.8) is 0 Å². The van der Waals surface area contributed by atoms with E-state index in [4.69, 9.17) is 5.84 Å². The molecule has 0 spiro atoms. The van der Waals surface area contributed by atoms with Crippen molar-refractivity contribution >= 4 is 5.96 Å². The van der Waals surface area contributed by atoms with Crippen molar-refractivity contribution in [3.8, 4) is 0 Å². The van der Waals surface area contributed by atoms with E-state index in [9.17, 15) is 13.2 Å². The summed E-state index contributed by atoms with van der Waals surface area (Å²) >= 11 is 0. The summed E-state index contributed by atoms with van der Waals surface area (Å²) in [6.45, 7) is 3.46. The first kappa shape index (κ1) is 14.0. The fourth-order valence-electron chi connectivity index (χ4n) is 0.891. The lowest BCUT2D eigenvalue weighted by Crippen LogP contribution is -2.44. The number of nitrogens with two attached hydrogens (primary N) is 1. The van der Waals surface area contributed by atoms with E-state index in [0.29, 0.717) is 0 Å². The van der Waals surface area contributed by atoms with Crippen LogP contribution in [0.15, 0.2) is 4.99 Å². The van der Waals surface area contributed by atoms with E-state index in [0.717, 1.165) is 0 Å². The lowest BCUT2D eigenvalue weighted by Gasteiger charge is -2.21. The second kappa shape index (κ2) is 5.79. The first-order chi connectivity index (χ1) is 6.76. The first-order valence-electron chi connectivity index (χ1n) is 4.58. The Labute approximate surface area is 87.3 Å². The van der Waals surface area contributed by atoms with Crippen LogP contribution < -0.4 is 11.3 Å². The van der Waals surface area contributed by atoms with E-state index < -0.39 is 12.6 Å². The molecule has 0 aliphatic heterocycles. The molecule has 0 heterocycles. The van der Waals surface area contributed by atoms with Gasteiger partial charge in [-0.05, 0) is 13.8 Å². The van der Waals surface area contributed by atoms with Crippen LogP contribution in [0.25, 0.3) is 0 Å². The number of hydrazine groups is 1. The number of hydrogen-bond donors (Lipinski definition) is 2. The van der Waals surface area contributed by atoms with Crippen LogP contribution in [0, 0.1) is 0 Å². The fourth-order valence-corrected chi connectivity index (χ4v) is 0.891. The highest BCUT2D eigenvalue weighted by Gasteiger charge is 2.27. The molecule has 0 unspecified atom stereocenters. The van der Waals surface area contributed by atoms with Crippen molar-refractivity contribution in [2.45, 2.75) is 32.5 Å². The maximum Gasteiger partial charge on any atom is 0.390 e. The monoisotopic (exact) mass is 226 g/mol. The second-order valence-corrected chi connectivity index (χ2v) is 3.48. The van der Waals surface area contributed by atoms with Crippen molar-refractivity contribution in [1.82, 2.24) is 10.3 Å². The Hall–Kier alpha value is -0.980. The van der Waals surface area contributed by atoms with Gasteiger partial charge in [0.2, 0.25) is 5.96 Å². The third-order valence-corrected chi connectivity index (χ3v) is 1.60. The van der Waals surface area contributed by atoms with Gasteiger partial charge in [-0.2, -0.15) is 13.2 Å². The third kappa shape index (κ3) is 7.01. The molecule has 0 saturated heterocycles. The van der Waals surface area contributed by atoms with E-state index in [1.165, 1.54) is 11.9 Å². The number of nitrogens with zero attached hydrogens (tertiary/aromatic N) is 2. The molecule has 0 aromatic rings. The normalized spacial score (nSPS) is 13.2. The summed E-state index contributed by atoms with van der Waals surface area (Å²) in [4.78, 5) is 5.38. The smallest absolute Gasteiger partial charge is 0.345 e. The molecule has 0 aromatic carbocycles. The molecule has 0 aromatic heterocycles. The van der Waals surface area contributed by atoms with Gasteiger partial charge in [-0.25, -0.2) is 10.8 Å². The number of halogens is 3. The van der Waals surface area contributed by atoms with Crippen LogP contribution in [0.1, 0.15) is 20.3 Å². The van der Waals surface area contributed by atoms with Crippen molar-refractivity contribution < 1.29 is 13.2 Å². The van der Waals surface area contributed by atoms with Crippen molar-refractivity contribution in [2.24, 2.45) is 10.8 Å². The van der Waals surface area contributed by atoms with Gasteiger partial charge < -0.3 is 4.90 Å². The molecule has 0 fully saturated rings. The average molecular weight is 226 g/mol. The predicted octanol–water partition coefficient (Wildman–Crippen LogP) is 1.10. The third-order valence-electron chi connectivity index (χ3n) is 1.60. The van der Waals surface area contributed by atoms with E-state index in [1.807, 2.05) is 13.8 Å². The summed E-state index contributed by atoms with van der Waals surface area (Å²) in [5.41, 5.74) is 2.28. The number of hydrogen-bond acceptors (Lipinski definition) is 2. The highest BCUT2D eigenvalue weighted by molar-refractivity contribution is 5.79. The number of nitrogens with one attached hydrogen (secondary N) is 1. The number of aliphatic imine (C=N–C) groups is 1. The molecule has 15 heavy (non-hydrogen) atoms. The van der Waals surface area contributed by atoms with Gasteiger partial charge in [0.25, 0.3) is 0 Å². The van der Waals surface area contributed by atoms with Gasteiger partial charge in [0, 0.05) is 19.6 Å². The zero-order chi connectivity index (χ0) is 12.1. The summed E-state index contributed by atoms with van der Waals surface area (Å²) in [5, 5.41) is 0. The Bertz CT molecular complexity index is 212. The van der Waals surface area contributed by atoms with E-state index in [1.54, 1.807) is 0 Å². The van der Waals surface area contributed by atoms with Crippen molar-refractivity contribution in [1.29, 1.82) is 0 Å². The fraction of sp³-hybridized carbons (Fsp3) is 0.875. The molecule has 0 atom stereocenters. The van der Waals surface area contributed by atoms with Crippen LogP contribution in [0.4, 0.5) is 13.2 Å². The lowest BCUT2D eigenvalue weighted by atomic mass is 10.4. The van der Waals surface area contributed by atoms with Gasteiger partial charge in [-0.1, -0.05) is 0 Å². The van der Waals surface area contributed by atoms with E-state index >= 15 is 0 Å². The molecule has 0 radical (unpaired) electrons. The number of rotatable bonds is 3. The maximum atomic E-state index is 11.9. The van der Waals surface area contributed by atoms with Crippen LogP contribution in [0.2, 0.25) is 0 Å². The van der Waals surface area contributed by atoms with Crippen molar-refractivity contribution in [2.75, 3.05) is 13.6 Å². The van der Waals surface area contributed by atoms with E-state index in [2.05, 4.69) is 10.4 Å². The van der Waals surface area contributed by atoms with Crippen LogP contribution in [-0.4, -0.2) is 36.7 Å².